The van der Waals surface area contributed by atoms with Gasteiger partial charge >= 0.3 is 0 Å². The Bertz CT molecular complexity index is 614. The van der Waals surface area contributed by atoms with E-state index >= 15 is 0 Å². The van der Waals surface area contributed by atoms with Gasteiger partial charge in [0.1, 0.15) is 11.5 Å². The molecular weight excluding hydrogens is 282 g/mol. The molecule has 0 aliphatic heterocycles. The molecule has 2 aromatic rings. The van der Waals surface area contributed by atoms with Crippen LogP contribution in [0.5, 0.6) is 0 Å². The Balaban J connectivity index is 2.06. The Hall–Kier alpha value is -2.15. The van der Waals surface area contributed by atoms with Crippen molar-refractivity contribution in [2.75, 3.05) is 11.9 Å². The van der Waals surface area contributed by atoms with Crippen LogP contribution in [-0.2, 0) is 6.54 Å². The fraction of sp³-hybridized carbons (Fsp3) is 0.333. The first-order valence-corrected chi connectivity index (χ1v) is 6.45. The number of aromatic nitrogens is 3. The highest BCUT2D eigenvalue weighted by molar-refractivity contribution is 6.33. The predicted molar refractivity (Wildman–Crippen MR) is 73.6 cm³/mol. The summed E-state index contributed by atoms with van der Waals surface area (Å²) in [6.07, 6.45) is 0. The van der Waals surface area contributed by atoms with Crippen molar-refractivity contribution in [3.05, 3.63) is 34.6 Å². The van der Waals surface area contributed by atoms with E-state index in [1.165, 1.54) is 0 Å². The average molecular weight is 296 g/mol. The fourth-order valence-electron chi connectivity index (χ4n) is 1.54. The summed E-state index contributed by atoms with van der Waals surface area (Å²) in [4.78, 5) is 20.2. The van der Waals surface area contributed by atoms with Crippen LogP contribution in [0.25, 0.3) is 0 Å². The number of carbonyl (C=O) groups is 1. The van der Waals surface area contributed by atoms with E-state index in [0.717, 1.165) is 0 Å². The number of hydrogen-bond donors (Lipinski definition) is 2. The van der Waals surface area contributed by atoms with Crippen molar-refractivity contribution >= 4 is 23.3 Å². The van der Waals surface area contributed by atoms with Crippen LogP contribution in [-0.4, -0.2) is 27.6 Å². The molecule has 20 heavy (non-hydrogen) atoms. The average Bonchev–Trinajstić information content (AvgIpc) is 2.84. The Morgan fingerprint density at radius 3 is 2.85 bits per heavy atom. The highest BCUT2D eigenvalue weighted by Gasteiger charge is 2.14. The van der Waals surface area contributed by atoms with Gasteiger partial charge in [0, 0.05) is 13.5 Å². The highest BCUT2D eigenvalue weighted by atomic mass is 35.5. The van der Waals surface area contributed by atoms with E-state index in [4.69, 9.17) is 16.1 Å². The minimum absolute atomic E-state index is 0.152. The van der Waals surface area contributed by atoms with Crippen molar-refractivity contribution in [1.29, 1.82) is 0 Å². The molecule has 2 heterocycles. The van der Waals surface area contributed by atoms with Gasteiger partial charge in [0.2, 0.25) is 5.89 Å². The maximum Gasteiger partial charge on any atom is 0.271 e. The summed E-state index contributed by atoms with van der Waals surface area (Å²) in [5.74, 6) is 1.05. The lowest BCUT2D eigenvalue weighted by Gasteiger charge is -2.07. The number of halogens is 1. The number of nitrogens with one attached hydrogen (secondary N) is 2. The van der Waals surface area contributed by atoms with Crippen molar-refractivity contribution in [2.45, 2.75) is 20.4 Å². The number of carbonyl (C=O) groups excluding carboxylic acids is 1. The summed E-state index contributed by atoms with van der Waals surface area (Å²) in [7, 11) is 0. The van der Waals surface area contributed by atoms with Crippen LogP contribution in [0.1, 0.15) is 29.1 Å². The molecule has 8 heteroatoms. The van der Waals surface area contributed by atoms with Crippen molar-refractivity contribution in [3.8, 4) is 0 Å². The second-order valence-electron chi connectivity index (χ2n) is 3.97. The zero-order valence-electron chi connectivity index (χ0n) is 11.1. The number of hydrogen-bond acceptors (Lipinski definition) is 6. The van der Waals surface area contributed by atoms with E-state index in [1.807, 2.05) is 6.92 Å². The SMILES string of the molecule is CCNc1ccc(Cl)c(C(=O)NCc2noc(C)n2)n1. The minimum Gasteiger partial charge on any atom is -0.370 e. The second-order valence-corrected chi connectivity index (χ2v) is 4.38. The molecule has 0 atom stereocenters. The largest absolute Gasteiger partial charge is 0.370 e. The summed E-state index contributed by atoms with van der Waals surface area (Å²) in [5, 5.41) is 9.63. The van der Waals surface area contributed by atoms with Crippen molar-refractivity contribution in [2.24, 2.45) is 0 Å². The van der Waals surface area contributed by atoms with E-state index in [9.17, 15) is 4.79 Å². The molecule has 2 N–H and O–H groups in total. The van der Waals surface area contributed by atoms with Gasteiger partial charge in [-0.1, -0.05) is 16.8 Å². The Kier molecular flexibility index (Phi) is 4.52. The summed E-state index contributed by atoms with van der Waals surface area (Å²) in [5.41, 5.74) is 0.158. The molecule has 0 radical (unpaired) electrons. The van der Waals surface area contributed by atoms with E-state index < -0.39 is 5.91 Å². The van der Waals surface area contributed by atoms with Crippen LogP contribution >= 0.6 is 11.6 Å². The predicted octanol–water partition coefficient (Wildman–Crippen LogP) is 1.79. The number of aryl methyl sites for hydroxylation is 1. The van der Waals surface area contributed by atoms with Crippen LogP contribution in [0, 0.1) is 6.92 Å². The number of rotatable bonds is 5. The standard InChI is InChI=1S/C12H14ClN5O2/c1-3-14-9-5-4-8(13)11(17-9)12(19)15-6-10-16-7(2)20-18-10/h4-5H,3,6H2,1-2H3,(H,14,17)(H,15,19). The Morgan fingerprint density at radius 1 is 1.40 bits per heavy atom. The fourth-order valence-corrected chi connectivity index (χ4v) is 1.73. The van der Waals surface area contributed by atoms with Gasteiger partial charge in [-0.05, 0) is 19.1 Å². The first-order valence-electron chi connectivity index (χ1n) is 6.08. The zero-order chi connectivity index (χ0) is 14.5. The molecule has 0 bridgehead atoms. The number of amides is 1. The molecule has 2 rings (SSSR count). The van der Waals surface area contributed by atoms with Gasteiger partial charge in [0.25, 0.3) is 5.91 Å². The van der Waals surface area contributed by atoms with Crippen LogP contribution in [0.3, 0.4) is 0 Å². The van der Waals surface area contributed by atoms with Gasteiger partial charge in [0.05, 0.1) is 11.6 Å². The quantitative estimate of drug-likeness (QED) is 0.873. The molecule has 0 aliphatic carbocycles. The Labute approximate surface area is 120 Å². The normalized spacial score (nSPS) is 10.3. The molecule has 0 unspecified atom stereocenters. The lowest BCUT2D eigenvalue weighted by Crippen LogP contribution is -2.25. The number of nitrogens with zero attached hydrogens (tertiary/aromatic N) is 3. The lowest BCUT2D eigenvalue weighted by atomic mass is 10.3. The summed E-state index contributed by atoms with van der Waals surface area (Å²) in [6.45, 7) is 4.47. The second kappa shape index (κ2) is 6.33. The van der Waals surface area contributed by atoms with E-state index in [-0.39, 0.29) is 17.3 Å². The topological polar surface area (TPSA) is 92.9 Å². The summed E-state index contributed by atoms with van der Waals surface area (Å²) in [6, 6.07) is 3.34. The minimum atomic E-state index is -0.391. The van der Waals surface area contributed by atoms with Gasteiger partial charge in [-0.3, -0.25) is 4.79 Å². The molecule has 106 valence electrons. The molecule has 2 aromatic heterocycles. The molecular formula is C12H14ClN5O2. The molecule has 0 aromatic carbocycles. The van der Waals surface area contributed by atoms with Gasteiger partial charge < -0.3 is 15.2 Å². The third-order valence-corrected chi connectivity index (χ3v) is 2.70. The first-order chi connectivity index (χ1) is 9.60. The molecule has 7 nitrogen and oxygen atoms in total. The van der Waals surface area contributed by atoms with Crippen molar-refractivity contribution < 1.29 is 9.32 Å². The van der Waals surface area contributed by atoms with Crippen LogP contribution in [0.4, 0.5) is 5.82 Å². The first kappa shape index (κ1) is 14.3. The zero-order valence-corrected chi connectivity index (χ0v) is 11.9. The molecule has 0 fully saturated rings. The van der Waals surface area contributed by atoms with Crippen LogP contribution in [0.15, 0.2) is 16.7 Å². The Morgan fingerprint density at radius 2 is 2.20 bits per heavy atom. The molecule has 0 aliphatic rings. The van der Waals surface area contributed by atoms with Crippen molar-refractivity contribution in [1.82, 2.24) is 20.4 Å². The molecule has 0 saturated carbocycles. The molecule has 0 saturated heterocycles. The molecule has 1 amide bonds. The van der Waals surface area contributed by atoms with E-state index in [1.54, 1.807) is 19.1 Å². The molecule has 0 spiro atoms. The smallest absolute Gasteiger partial charge is 0.271 e. The van der Waals surface area contributed by atoms with E-state index in [0.29, 0.717) is 24.1 Å². The third-order valence-electron chi connectivity index (χ3n) is 2.40. The summed E-state index contributed by atoms with van der Waals surface area (Å²) < 4.78 is 4.81. The van der Waals surface area contributed by atoms with Crippen LogP contribution in [0.2, 0.25) is 5.02 Å². The van der Waals surface area contributed by atoms with Crippen LogP contribution < -0.4 is 10.6 Å². The van der Waals surface area contributed by atoms with Gasteiger partial charge in [-0.2, -0.15) is 4.98 Å². The number of anilines is 1. The summed E-state index contributed by atoms with van der Waals surface area (Å²) >= 11 is 5.98. The van der Waals surface area contributed by atoms with Gasteiger partial charge in [-0.15, -0.1) is 0 Å². The van der Waals surface area contributed by atoms with Gasteiger partial charge in [-0.25, -0.2) is 4.98 Å². The van der Waals surface area contributed by atoms with Crippen molar-refractivity contribution in [3.63, 3.8) is 0 Å². The number of pyridine rings is 1. The highest BCUT2D eigenvalue weighted by Crippen LogP contribution is 2.16. The maximum atomic E-state index is 12.0. The van der Waals surface area contributed by atoms with Gasteiger partial charge in [0.15, 0.2) is 5.82 Å². The third kappa shape index (κ3) is 3.45. The maximum absolute atomic E-state index is 12.0. The van der Waals surface area contributed by atoms with E-state index in [2.05, 4.69) is 25.8 Å². The monoisotopic (exact) mass is 295 g/mol. The lowest BCUT2D eigenvalue weighted by molar-refractivity contribution is 0.0945.